The normalized spacial score (nSPS) is 12.1. The lowest BCUT2D eigenvalue weighted by Crippen LogP contribution is -2.42. The number of nitrogens with one attached hydrogen (secondary N) is 1. The van der Waals surface area contributed by atoms with Crippen molar-refractivity contribution in [1.29, 1.82) is 0 Å². The van der Waals surface area contributed by atoms with Crippen molar-refractivity contribution >= 4 is 11.9 Å². The van der Waals surface area contributed by atoms with E-state index >= 15 is 0 Å². The number of hydrogen-bond donors (Lipinski definition) is 2. The van der Waals surface area contributed by atoms with Crippen LogP contribution in [0.15, 0.2) is 24.3 Å². The molecule has 0 unspecified atom stereocenters. The van der Waals surface area contributed by atoms with Gasteiger partial charge in [-0.2, -0.15) is 13.2 Å². The molecule has 0 fully saturated rings. The first-order chi connectivity index (χ1) is 9.05. The number of carboxylic acids is 1. The molecule has 0 saturated heterocycles. The van der Waals surface area contributed by atoms with E-state index < -0.39 is 29.0 Å². The van der Waals surface area contributed by atoms with E-state index in [1.807, 2.05) is 0 Å². The first-order valence-electron chi connectivity index (χ1n) is 5.73. The average Bonchev–Trinajstić information content (AvgIpc) is 2.35. The smallest absolute Gasteiger partial charge is 0.416 e. The van der Waals surface area contributed by atoms with E-state index in [2.05, 4.69) is 5.32 Å². The van der Waals surface area contributed by atoms with Crippen molar-refractivity contribution in [2.24, 2.45) is 5.41 Å². The number of aliphatic carboxylic acids is 1. The zero-order valence-electron chi connectivity index (χ0n) is 10.9. The molecule has 0 spiro atoms. The Morgan fingerprint density at radius 2 is 1.85 bits per heavy atom. The summed E-state index contributed by atoms with van der Waals surface area (Å²) in [4.78, 5) is 22.5. The van der Waals surface area contributed by atoms with Gasteiger partial charge in [0.1, 0.15) is 5.41 Å². The van der Waals surface area contributed by atoms with Crippen LogP contribution in [0.2, 0.25) is 0 Å². The Hall–Kier alpha value is -2.05. The summed E-state index contributed by atoms with van der Waals surface area (Å²) in [6.45, 7) is 2.27. The van der Waals surface area contributed by atoms with Gasteiger partial charge in [0.05, 0.1) is 5.56 Å². The number of alkyl halides is 3. The van der Waals surface area contributed by atoms with Crippen molar-refractivity contribution in [3.8, 4) is 0 Å². The van der Waals surface area contributed by atoms with Crippen LogP contribution in [0.5, 0.6) is 0 Å². The Morgan fingerprint density at radius 3 is 2.35 bits per heavy atom. The molecule has 0 heterocycles. The highest BCUT2D eigenvalue weighted by molar-refractivity contribution is 6.00. The van der Waals surface area contributed by atoms with Crippen LogP contribution in [0.25, 0.3) is 0 Å². The number of carbonyl (C=O) groups excluding carboxylic acids is 1. The number of halogens is 3. The van der Waals surface area contributed by atoms with Gasteiger partial charge >= 0.3 is 12.1 Å². The number of hydrogen-bond acceptors (Lipinski definition) is 2. The molecule has 0 saturated carbocycles. The van der Waals surface area contributed by atoms with Gasteiger partial charge in [-0.3, -0.25) is 9.59 Å². The largest absolute Gasteiger partial charge is 0.480 e. The summed E-state index contributed by atoms with van der Waals surface area (Å²) in [7, 11) is 0. The summed E-state index contributed by atoms with van der Waals surface area (Å²) < 4.78 is 37.5. The van der Waals surface area contributed by atoms with Crippen molar-refractivity contribution in [3.05, 3.63) is 35.4 Å². The topological polar surface area (TPSA) is 66.4 Å². The summed E-state index contributed by atoms with van der Waals surface area (Å²) in [5.74, 6) is -2.07. The molecule has 0 aliphatic heterocycles. The van der Waals surface area contributed by atoms with Crippen molar-refractivity contribution < 1.29 is 27.9 Å². The zero-order valence-corrected chi connectivity index (χ0v) is 10.9. The monoisotopic (exact) mass is 289 g/mol. The van der Waals surface area contributed by atoms with Crippen molar-refractivity contribution in [2.75, 3.05) is 0 Å². The summed E-state index contributed by atoms with van der Waals surface area (Å²) in [5, 5.41) is 11.2. The van der Waals surface area contributed by atoms with Crippen LogP contribution in [0.3, 0.4) is 0 Å². The van der Waals surface area contributed by atoms with E-state index in [9.17, 15) is 22.8 Å². The highest BCUT2D eigenvalue weighted by Crippen LogP contribution is 2.29. The number of carbonyl (C=O) groups is 2. The second kappa shape index (κ2) is 5.52. The minimum Gasteiger partial charge on any atom is -0.480 e. The van der Waals surface area contributed by atoms with Gasteiger partial charge in [0.15, 0.2) is 0 Å². The van der Waals surface area contributed by atoms with Crippen molar-refractivity contribution in [1.82, 2.24) is 5.32 Å². The number of rotatable bonds is 4. The highest BCUT2D eigenvalue weighted by Gasteiger charge is 2.36. The van der Waals surface area contributed by atoms with Crippen molar-refractivity contribution in [3.63, 3.8) is 0 Å². The fraction of sp³-hybridized carbons (Fsp3) is 0.385. The van der Waals surface area contributed by atoms with E-state index in [0.717, 1.165) is 12.1 Å². The third-order valence-corrected chi connectivity index (χ3v) is 2.81. The minimum atomic E-state index is -4.46. The standard InChI is InChI=1S/C13H14F3NO3/c1-12(2,11(19)20)10(18)17-7-8-4-3-5-9(6-8)13(14,15)16/h3-6H,7H2,1-2H3,(H,17,18)(H,19,20). The average molecular weight is 289 g/mol. The second-order valence-corrected chi connectivity index (χ2v) is 4.81. The van der Waals surface area contributed by atoms with Crippen molar-refractivity contribution in [2.45, 2.75) is 26.6 Å². The minimum absolute atomic E-state index is 0.167. The maximum Gasteiger partial charge on any atom is 0.416 e. The molecule has 1 rings (SSSR count). The van der Waals surface area contributed by atoms with Gasteiger partial charge < -0.3 is 10.4 Å². The molecule has 0 aromatic heterocycles. The molecule has 0 aliphatic rings. The first kappa shape index (κ1) is 16.0. The third-order valence-electron chi connectivity index (χ3n) is 2.81. The van der Waals surface area contributed by atoms with Crippen LogP contribution >= 0.6 is 0 Å². The lowest BCUT2D eigenvalue weighted by atomic mass is 9.92. The van der Waals surface area contributed by atoms with E-state index in [4.69, 9.17) is 5.11 Å². The lowest BCUT2D eigenvalue weighted by molar-refractivity contribution is -0.153. The number of amides is 1. The Bertz CT molecular complexity index is 524. The predicted octanol–water partition coefficient (Wildman–Crippen LogP) is 2.43. The molecule has 20 heavy (non-hydrogen) atoms. The van der Waals surface area contributed by atoms with Crippen LogP contribution in [-0.4, -0.2) is 17.0 Å². The maximum atomic E-state index is 12.5. The van der Waals surface area contributed by atoms with Crippen LogP contribution in [0.4, 0.5) is 13.2 Å². The van der Waals surface area contributed by atoms with Crippen LogP contribution < -0.4 is 5.32 Å². The molecule has 1 aromatic rings. The Kier molecular flexibility index (Phi) is 4.42. The van der Waals surface area contributed by atoms with E-state index in [1.165, 1.54) is 26.0 Å². The molecule has 110 valence electrons. The molecule has 0 aliphatic carbocycles. The van der Waals surface area contributed by atoms with Gasteiger partial charge in [-0.1, -0.05) is 12.1 Å². The van der Waals surface area contributed by atoms with Crippen LogP contribution in [0.1, 0.15) is 25.0 Å². The van der Waals surface area contributed by atoms with E-state index in [-0.39, 0.29) is 12.1 Å². The number of carboxylic acid groups (broad SMARTS) is 1. The summed E-state index contributed by atoms with van der Waals surface area (Å²) in [6.07, 6.45) is -4.46. The van der Waals surface area contributed by atoms with Gasteiger partial charge in [-0.15, -0.1) is 0 Å². The highest BCUT2D eigenvalue weighted by atomic mass is 19.4. The molecule has 1 aromatic carbocycles. The molecule has 2 N–H and O–H groups in total. The quantitative estimate of drug-likeness (QED) is 0.837. The molecular formula is C13H14F3NO3. The zero-order chi connectivity index (χ0) is 15.6. The fourth-order valence-electron chi connectivity index (χ4n) is 1.36. The third kappa shape index (κ3) is 3.72. The summed E-state index contributed by atoms with van der Waals surface area (Å²) in [6, 6.07) is 4.48. The predicted molar refractivity (Wildman–Crippen MR) is 64.7 cm³/mol. The second-order valence-electron chi connectivity index (χ2n) is 4.81. The van der Waals surface area contributed by atoms with E-state index in [0.29, 0.717) is 0 Å². The van der Waals surface area contributed by atoms with Gasteiger partial charge in [-0.05, 0) is 31.5 Å². The Labute approximate surface area is 113 Å². The molecular weight excluding hydrogens is 275 g/mol. The molecule has 0 radical (unpaired) electrons. The molecule has 1 amide bonds. The molecule has 0 atom stereocenters. The maximum absolute atomic E-state index is 12.5. The van der Waals surface area contributed by atoms with Gasteiger partial charge in [0, 0.05) is 6.54 Å². The summed E-state index contributed by atoms with van der Waals surface area (Å²) >= 11 is 0. The van der Waals surface area contributed by atoms with Gasteiger partial charge in [-0.25, -0.2) is 0 Å². The number of benzene rings is 1. The Balaban J connectivity index is 2.77. The molecule has 0 bridgehead atoms. The SMILES string of the molecule is CC(C)(C(=O)O)C(=O)NCc1cccc(C(F)(F)F)c1. The molecule has 4 nitrogen and oxygen atoms in total. The molecule has 7 heteroatoms. The Morgan fingerprint density at radius 1 is 1.25 bits per heavy atom. The fourth-order valence-corrected chi connectivity index (χ4v) is 1.36. The van der Waals surface area contributed by atoms with E-state index in [1.54, 1.807) is 0 Å². The van der Waals surface area contributed by atoms with Gasteiger partial charge in [0.2, 0.25) is 5.91 Å². The van der Waals surface area contributed by atoms with Crippen LogP contribution in [0, 0.1) is 5.41 Å². The van der Waals surface area contributed by atoms with Gasteiger partial charge in [0.25, 0.3) is 0 Å². The first-order valence-corrected chi connectivity index (χ1v) is 5.73. The summed E-state index contributed by atoms with van der Waals surface area (Å²) in [5.41, 5.74) is -2.21. The van der Waals surface area contributed by atoms with Crippen LogP contribution in [-0.2, 0) is 22.3 Å². The lowest BCUT2D eigenvalue weighted by Gasteiger charge is -2.18.